The Balaban J connectivity index is 2.42. The molecule has 1 aliphatic heterocycles. The zero-order valence-corrected chi connectivity index (χ0v) is 6.39. The van der Waals surface area contributed by atoms with Crippen molar-refractivity contribution in [3.63, 3.8) is 0 Å². The number of hydrogen-bond acceptors (Lipinski definition) is 3. The van der Waals surface area contributed by atoms with E-state index in [-0.39, 0.29) is 5.57 Å². The highest BCUT2D eigenvalue weighted by Gasteiger charge is 2.44. The second kappa shape index (κ2) is 2.64. The van der Waals surface area contributed by atoms with Gasteiger partial charge in [-0.25, -0.2) is 4.79 Å². The van der Waals surface area contributed by atoms with E-state index in [9.17, 15) is 4.79 Å². The highest BCUT2D eigenvalue weighted by molar-refractivity contribution is 5.85. The van der Waals surface area contributed by atoms with Crippen LogP contribution in [0, 0.1) is 0 Å². The summed E-state index contributed by atoms with van der Waals surface area (Å²) < 4.78 is 0. The van der Waals surface area contributed by atoms with Crippen LogP contribution in [0.2, 0.25) is 0 Å². The summed E-state index contributed by atoms with van der Waals surface area (Å²) >= 11 is 0. The maximum Gasteiger partial charge on any atom is 0.331 e. The molecule has 0 aromatic heterocycles. The molecule has 0 aliphatic carbocycles. The molecule has 0 bridgehead atoms. The van der Waals surface area contributed by atoms with Crippen LogP contribution in [-0.4, -0.2) is 16.8 Å². The molecule has 4 heteroatoms. The summed E-state index contributed by atoms with van der Waals surface area (Å²) in [6.45, 7) is 5.33. The molecule has 1 aliphatic rings. The normalized spacial score (nSPS) is 28.1. The van der Waals surface area contributed by atoms with E-state index < -0.39 is 11.7 Å². The van der Waals surface area contributed by atoms with Gasteiger partial charge in [0.05, 0.1) is 0 Å². The molecular weight excluding hydrogens is 146 g/mol. The first-order valence-corrected chi connectivity index (χ1v) is 3.46. The molecule has 0 saturated carbocycles. The highest BCUT2D eigenvalue weighted by atomic mass is 16.8. The minimum atomic E-state index is -0.963. The molecule has 0 aromatic carbocycles. The van der Waals surface area contributed by atoms with Gasteiger partial charge in [0.15, 0.2) is 5.72 Å². The van der Waals surface area contributed by atoms with E-state index in [1.807, 2.05) is 6.92 Å². The maximum absolute atomic E-state index is 10.3. The second-order valence-corrected chi connectivity index (χ2v) is 2.64. The molecule has 11 heavy (non-hydrogen) atoms. The Morgan fingerprint density at radius 1 is 1.82 bits per heavy atom. The van der Waals surface area contributed by atoms with Gasteiger partial charge in [0.1, 0.15) is 0 Å². The van der Waals surface area contributed by atoms with Gasteiger partial charge >= 0.3 is 5.97 Å². The number of hydroxylamine groups is 1. The summed E-state index contributed by atoms with van der Waals surface area (Å²) in [5.74, 6) is -0.963. The van der Waals surface area contributed by atoms with E-state index in [2.05, 4.69) is 12.1 Å². The van der Waals surface area contributed by atoms with E-state index in [1.54, 1.807) is 0 Å². The van der Waals surface area contributed by atoms with Crippen molar-refractivity contribution < 1.29 is 14.7 Å². The number of hydrogen-bond donors (Lipinski definition) is 2. The van der Waals surface area contributed by atoms with Gasteiger partial charge in [-0.3, -0.25) is 4.84 Å². The van der Waals surface area contributed by atoms with E-state index in [0.29, 0.717) is 6.42 Å². The third kappa shape index (κ3) is 1.78. The van der Waals surface area contributed by atoms with Crippen LogP contribution in [0.5, 0.6) is 0 Å². The molecule has 4 nitrogen and oxygen atoms in total. The zero-order chi connectivity index (χ0) is 8.48. The zero-order valence-electron chi connectivity index (χ0n) is 6.39. The molecule has 0 radical (unpaired) electrons. The van der Waals surface area contributed by atoms with Gasteiger partial charge in [-0.15, -0.1) is 0 Å². The van der Waals surface area contributed by atoms with Crippen molar-refractivity contribution >= 4 is 5.97 Å². The third-order valence-electron chi connectivity index (χ3n) is 1.76. The van der Waals surface area contributed by atoms with Crippen molar-refractivity contribution in [2.45, 2.75) is 25.5 Å². The average Bonchev–Trinajstić information content (AvgIpc) is 2.69. The summed E-state index contributed by atoms with van der Waals surface area (Å²) in [6.07, 6.45) is 1.10. The predicted molar refractivity (Wildman–Crippen MR) is 38.6 cm³/mol. The minimum Gasteiger partial charge on any atom is -0.478 e. The van der Waals surface area contributed by atoms with E-state index >= 15 is 0 Å². The fourth-order valence-corrected chi connectivity index (χ4v) is 0.834. The number of carbonyl (C=O) groups is 1. The fourth-order valence-electron chi connectivity index (χ4n) is 0.834. The monoisotopic (exact) mass is 157 g/mol. The number of carboxylic acids is 1. The molecule has 0 aromatic rings. The van der Waals surface area contributed by atoms with Crippen LogP contribution < -0.4 is 5.48 Å². The predicted octanol–water partition coefficient (Wildman–Crippen LogP) is 0.658. The number of nitrogens with one attached hydrogen (secondary N) is 1. The van der Waals surface area contributed by atoms with Gasteiger partial charge in [0.2, 0.25) is 0 Å². The molecule has 1 saturated heterocycles. The molecule has 1 unspecified atom stereocenters. The molecule has 1 rings (SSSR count). The van der Waals surface area contributed by atoms with Crippen LogP contribution in [0.3, 0.4) is 0 Å². The quantitative estimate of drug-likeness (QED) is 0.464. The van der Waals surface area contributed by atoms with E-state index in [0.717, 1.165) is 6.42 Å². The Kier molecular flexibility index (Phi) is 1.97. The first kappa shape index (κ1) is 8.23. The minimum absolute atomic E-state index is 0.178. The molecule has 62 valence electrons. The third-order valence-corrected chi connectivity index (χ3v) is 1.76. The molecular formula is C7H11NO3. The lowest BCUT2D eigenvalue weighted by Crippen LogP contribution is -2.17. The van der Waals surface area contributed by atoms with Crippen molar-refractivity contribution in [1.29, 1.82) is 0 Å². The van der Waals surface area contributed by atoms with Gasteiger partial charge in [-0.05, 0) is 6.42 Å². The summed E-state index contributed by atoms with van der Waals surface area (Å²) in [5, 5.41) is 8.49. The fraction of sp³-hybridized carbons (Fsp3) is 0.571. The Hall–Kier alpha value is -0.870. The van der Waals surface area contributed by atoms with Crippen LogP contribution in [0.4, 0.5) is 0 Å². The van der Waals surface area contributed by atoms with Crippen molar-refractivity contribution in [1.82, 2.24) is 5.48 Å². The smallest absolute Gasteiger partial charge is 0.331 e. The lowest BCUT2D eigenvalue weighted by Gasteiger charge is -2.04. The Labute approximate surface area is 64.8 Å². The van der Waals surface area contributed by atoms with E-state index in [4.69, 9.17) is 9.94 Å². The number of carboxylic acid groups (broad SMARTS) is 1. The lowest BCUT2D eigenvalue weighted by atomic mass is 10.0. The number of aliphatic carboxylic acids is 1. The van der Waals surface area contributed by atoms with Crippen LogP contribution in [0.1, 0.15) is 19.8 Å². The molecule has 1 fully saturated rings. The van der Waals surface area contributed by atoms with Crippen LogP contribution >= 0.6 is 0 Å². The van der Waals surface area contributed by atoms with Gasteiger partial charge in [-0.2, -0.15) is 5.48 Å². The highest BCUT2D eigenvalue weighted by Crippen LogP contribution is 2.30. The van der Waals surface area contributed by atoms with Gasteiger partial charge in [0, 0.05) is 12.0 Å². The SMILES string of the molecule is C=C(CC1(CC)NO1)C(=O)O. The maximum atomic E-state index is 10.3. The standard InChI is InChI=1S/C7H11NO3/c1-3-7(8-11-7)4-5(2)6(9)10/h8H,2-4H2,1H3,(H,9,10). The Morgan fingerprint density at radius 3 is 2.64 bits per heavy atom. The van der Waals surface area contributed by atoms with E-state index in [1.165, 1.54) is 0 Å². The van der Waals surface area contributed by atoms with Crippen LogP contribution in [0.15, 0.2) is 12.2 Å². The van der Waals surface area contributed by atoms with Crippen molar-refractivity contribution in [3.05, 3.63) is 12.2 Å². The Morgan fingerprint density at radius 2 is 2.36 bits per heavy atom. The number of rotatable bonds is 4. The summed E-state index contributed by atoms with van der Waals surface area (Å²) in [7, 11) is 0. The van der Waals surface area contributed by atoms with Gasteiger partial charge in [-0.1, -0.05) is 13.5 Å². The van der Waals surface area contributed by atoms with Crippen LogP contribution in [-0.2, 0) is 9.63 Å². The van der Waals surface area contributed by atoms with Crippen molar-refractivity contribution in [3.8, 4) is 0 Å². The Bertz CT molecular complexity index is 196. The first-order valence-electron chi connectivity index (χ1n) is 3.46. The average molecular weight is 157 g/mol. The first-order chi connectivity index (χ1) is 5.09. The van der Waals surface area contributed by atoms with Crippen molar-refractivity contribution in [2.24, 2.45) is 0 Å². The van der Waals surface area contributed by atoms with Crippen molar-refractivity contribution in [2.75, 3.05) is 0 Å². The molecule has 0 amide bonds. The molecule has 1 atom stereocenters. The summed E-state index contributed by atoms with van der Waals surface area (Å²) in [4.78, 5) is 15.2. The topological polar surface area (TPSA) is 71.8 Å². The largest absolute Gasteiger partial charge is 0.478 e. The summed E-state index contributed by atoms with van der Waals surface area (Å²) in [5.41, 5.74) is 2.40. The molecule has 0 spiro atoms. The van der Waals surface area contributed by atoms with Crippen LogP contribution in [0.25, 0.3) is 0 Å². The molecule has 2 N–H and O–H groups in total. The summed E-state index contributed by atoms with van der Waals surface area (Å²) in [6, 6.07) is 0. The van der Waals surface area contributed by atoms with Gasteiger partial charge < -0.3 is 5.11 Å². The van der Waals surface area contributed by atoms with Gasteiger partial charge in [0.25, 0.3) is 0 Å². The lowest BCUT2D eigenvalue weighted by molar-refractivity contribution is -0.132. The molecule has 1 heterocycles. The second-order valence-electron chi connectivity index (χ2n) is 2.64.